The van der Waals surface area contributed by atoms with Crippen molar-refractivity contribution in [1.29, 1.82) is 0 Å². The highest BCUT2D eigenvalue weighted by Crippen LogP contribution is 2.26. The lowest BCUT2D eigenvalue weighted by Crippen LogP contribution is -2.12. The van der Waals surface area contributed by atoms with Gasteiger partial charge in [-0.3, -0.25) is 4.40 Å². The predicted octanol–water partition coefficient (Wildman–Crippen LogP) is 5.10. The van der Waals surface area contributed by atoms with Crippen LogP contribution in [0, 0.1) is 0 Å². The summed E-state index contributed by atoms with van der Waals surface area (Å²) in [6.45, 7) is 4.53. The quantitative estimate of drug-likeness (QED) is 0.254. The largest absolute Gasteiger partial charge is 0.465 e. The van der Waals surface area contributed by atoms with E-state index >= 15 is 0 Å². The van der Waals surface area contributed by atoms with Crippen LogP contribution in [0.3, 0.4) is 0 Å². The summed E-state index contributed by atoms with van der Waals surface area (Å²) in [5.74, 6) is 0.387. The van der Waals surface area contributed by atoms with Crippen molar-refractivity contribution in [3.8, 4) is 11.3 Å². The summed E-state index contributed by atoms with van der Waals surface area (Å²) in [5.41, 5.74) is 4.26. The number of hydrogen-bond donors (Lipinski definition) is 0. The minimum Gasteiger partial charge on any atom is -0.465 e. The number of methoxy groups -OCH3 is 1. The fourth-order valence-corrected chi connectivity index (χ4v) is 4.61. The average molecular weight is 512 g/mol. The molecule has 0 amide bonds. The third-order valence-electron chi connectivity index (χ3n) is 6.39. The zero-order valence-electron chi connectivity index (χ0n) is 21.7. The molecule has 0 N–H and O–H groups in total. The van der Waals surface area contributed by atoms with Crippen molar-refractivity contribution in [2.24, 2.45) is 0 Å². The van der Waals surface area contributed by atoms with Gasteiger partial charge in [0.1, 0.15) is 11.5 Å². The molecule has 0 spiro atoms. The maximum atomic E-state index is 12.9. The number of carbonyl (C=O) groups excluding carboxylic acids is 2. The Morgan fingerprint density at radius 3 is 2.47 bits per heavy atom. The lowest BCUT2D eigenvalue weighted by atomic mass is 10.1. The molecule has 0 saturated carbocycles. The number of aryl methyl sites for hydroxylation is 1. The number of benzene rings is 2. The standard InChI is InChI=1S/C29H29N5O4/c1-4-6-15-23-31-22-14-10-13-21(27(35)37-3)25(22)34(23)18-20-16-17-33-26(28(36)38-5-2)24(32-29(33)30-20)19-11-8-7-9-12-19/h7-14,16-17H,4-6,15,18H2,1-3H3. The second-order valence-corrected chi connectivity index (χ2v) is 8.87. The molecule has 5 rings (SSSR count). The monoisotopic (exact) mass is 511 g/mol. The zero-order chi connectivity index (χ0) is 26.6. The summed E-state index contributed by atoms with van der Waals surface area (Å²) < 4.78 is 14.1. The van der Waals surface area contributed by atoms with Crippen molar-refractivity contribution >= 4 is 28.7 Å². The molecule has 0 saturated heterocycles. The first-order chi connectivity index (χ1) is 18.5. The smallest absolute Gasteiger partial charge is 0.357 e. The topological polar surface area (TPSA) is 101 Å². The number of carbonyl (C=O) groups is 2. The Balaban J connectivity index is 1.63. The van der Waals surface area contributed by atoms with E-state index in [1.807, 2.05) is 53.1 Å². The highest BCUT2D eigenvalue weighted by Gasteiger charge is 2.23. The third kappa shape index (κ3) is 4.63. The van der Waals surface area contributed by atoms with Gasteiger partial charge in [0.15, 0.2) is 5.69 Å². The van der Waals surface area contributed by atoms with E-state index in [1.54, 1.807) is 23.6 Å². The maximum Gasteiger partial charge on any atom is 0.357 e. The fraction of sp³-hybridized carbons (Fsp3) is 0.276. The van der Waals surface area contributed by atoms with E-state index in [-0.39, 0.29) is 6.61 Å². The van der Waals surface area contributed by atoms with E-state index in [4.69, 9.17) is 24.4 Å². The van der Waals surface area contributed by atoms with Gasteiger partial charge in [-0.1, -0.05) is 49.7 Å². The normalized spacial score (nSPS) is 11.2. The van der Waals surface area contributed by atoms with Gasteiger partial charge in [0, 0.05) is 18.2 Å². The summed E-state index contributed by atoms with van der Waals surface area (Å²) in [7, 11) is 1.37. The van der Waals surface area contributed by atoms with E-state index in [1.165, 1.54) is 7.11 Å². The Kier molecular flexibility index (Phi) is 7.17. The first-order valence-corrected chi connectivity index (χ1v) is 12.7. The van der Waals surface area contributed by atoms with Gasteiger partial charge in [-0.2, -0.15) is 0 Å². The van der Waals surface area contributed by atoms with Gasteiger partial charge in [0.2, 0.25) is 5.78 Å². The van der Waals surface area contributed by atoms with Gasteiger partial charge in [0.05, 0.1) is 42.6 Å². The zero-order valence-corrected chi connectivity index (χ0v) is 21.7. The Morgan fingerprint density at radius 2 is 1.74 bits per heavy atom. The van der Waals surface area contributed by atoms with Crippen LogP contribution in [0.15, 0.2) is 60.8 Å². The van der Waals surface area contributed by atoms with E-state index in [2.05, 4.69) is 6.92 Å². The predicted molar refractivity (Wildman–Crippen MR) is 143 cm³/mol. The summed E-state index contributed by atoms with van der Waals surface area (Å²) in [6.07, 6.45) is 4.54. The molecular formula is C29H29N5O4. The Hall–Kier alpha value is -4.53. The molecule has 2 aromatic carbocycles. The number of unbranched alkanes of at least 4 members (excludes halogenated alkanes) is 1. The minimum absolute atomic E-state index is 0.253. The number of imidazole rings is 2. The highest BCUT2D eigenvalue weighted by atomic mass is 16.5. The van der Waals surface area contributed by atoms with Crippen molar-refractivity contribution in [3.05, 3.63) is 83.6 Å². The first-order valence-electron chi connectivity index (χ1n) is 12.7. The van der Waals surface area contributed by atoms with Crippen molar-refractivity contribution < 1.29 is 19.1 Å². The molecule has 0 fully saturated rings. The van der Waals surface area contributed by atoms with E-state index < -0.39 is 11.9 Å². The van der Waals surface area contributed by atoms with Crippen molar-refractivity contribution in [2.45, 2.75) is 39.7 Å². The molecule has 0 aliphatic heterocycles. The van der Waals surface area contributed by atoms with Gasteiger partial charge in [-0.25, -0.2) is 24.5 Å². The number of fused-ring (bicyclic) bond motifs is 2. The van der Waals surface area contributed by atoms with Crippen LogP contribution in [0.2, 0.25) is 0 Å². The van der Waals surface area contributed by atoms with Gasteiger partial charge in [0.25, 0.3) is 0 Å². The number of rotatable bonds is 9. The molecule has 0 bridgehead atoms. The minimum atomic E-state index is -0.460. The summed E-state index contributed by atoms with van der Waals surface area (Å²) >= 11 is 0. The maximum absolute atomic E-state index is 12.9. The molecule has 0 aliphatic rings. The van der Waals surface area contributed by atoms with Gasteiger partial charge in [-0.15, -0.1) is 0 Å². The summed E-state index contributed by atoms with van der Waals surface area (Å²) in [5, 5.41) is 0. The van der Waals surface area contributed by atoms with Crippen molar-refractivity contribution in [3.63, 3.8) is 0 Å². The molecule has 38 heavy (non-hydrogen) atoms. The molecule has 3 heterocycles. The van der Waals surface area contributed by atoms with Crippen molar-refractivity contribution in [2.75, 3.05) is 13.7 Å². The van der Waals surface area contributed by atoms with E-state index in [0.717, 1.165) is 36.2 Å². The van der Waals surface area contributed by atoms with Gasteiger partial charge >= 0.3 is 11.9 Å². The molecule has 0 atom stereocenters. The molecule has 194 valence electrons. The molecule has 9 nitrogen and oxygen atoms in total. The number of aromatic nitrogens is 5. The number of nitrogens with zero attached hydrogens (tertiary/aromatic N) is 5. The average Bonchev–Trinajstić information content (AvgIpc) is 3.50. The lowest BCUT2D eigenvalue weighted by Gasteiger charge is -2.11. The number of para-hydroxylation sites is 1. The molecule has 9 heteroatoms. The van der Waals surface area contributed by atoms with E-state index in [9.17, 15) is 9.59 Å². The molecule has 3 aromatic heterocycles. The molecule has 0 radical (unpaired) electrons. The highest BCUT2D eigenvalue weighted by molar-refractivity contribution is 6.02. The number of esters is 2. The summed E-state index contributed by atoms with van der Waals surface area (Å²) in [6, 6.07) is 16.8. The fourth-order valence-electron chi connectivity index (χ4n) is 4.61. The van der Waals surface area contributed by atoms with Crippen LogP contribution in [-0.4, -0.2) is 49.6 Å². The third-order valence-corrected chi connectivity index (χ3v) is 6.39. The van der Waals surface area contributed by atoms with Gasteiger partial charge in [-0.05, 0) is 31.5 Å². The second-order valence-electron chi connectivity index (χ2n) is 8.87. The molecule has 0 aliphatic carbocycles. The van der Waals surface area contributed by atoms with Crippen LogP contribution in [0.5, 0.6) is 0 Å². The van der Waals surface area contributed by atoms with Crippen molar-refractivity contribution in [1.82, 2.24) is 23.9 Å². The van der Waals surface area contributed by atoms with Crippen LogP contribution in [-0.2, 0) is 22.4 Å². The van der Waals surface area contributed by atoms with Gasteiger partial charge < -0.3 is 14.0 Å². The van der Waals surface area contributed by atoms with Crippen LogP contribution in [0.1, 0.15) is 59.1 Å². The SMILES string of the molecule is CCCCc1nc2cccc(C(=O)OC)c2n1Cc1ccn2c(C(=O)OCC)c(-c3ccccc3)nc2n1. The van der Waals surface area contributed by atoms with Crippen LogP contribution >= 0.6 is 0 Å². The Morgan fingerprint density at radius 1 is 0.921 bits per heavy atom. The van der Waals surface area contributed by atoms with Crippen LogP contribution in [0.4, 0.5) is 0 Å². The van der Waals surface area contributed by atoms with E-state index in [0.29, 0.717) is 40.5 Å². The Bertz CT molecular complexity index is 1620. The first kappa shape index (κ1) is 25.1. The van der Waals surface area contributed by atoms with Crippen LogP contribution < -0.4 is 0 Å². The van der Waals surface area contributed by atoms with Crippen LogP contribution in [0.25, 0.3) is 28.1 Å². The lowest BCUT2D eigenvalue weighted by molar-refractivity contribution is 0.0518. The Labute approximate surface area is 220 Å². The summed E-state index contributed by atoms with van der Waals surface area (Å²) in [4.78, 5) is 39.9. The second kappa shape index (κ2) is 10.8. The number of ether oxygens (including phenoxy) is 2. The number of hydrogen-bond acceptors (Lipinski definition) is 7. The molecular weight excluding hydrogens is 482 g/mol. The molecule has 5 aromatic rings. The molecule has 0 unspecified atom stereocenters.